The third-order valence-electron chi connectivity index (χ3n) is 4.55. The molecule has 0 heterocycles. The fourth-order valence-electron chi connectivity index (χ4n) is 3.45. The van der Waals surface area contributed by atoms with Crippen LogP contribution in [0.2, 0.25) is 0 Å². The molecule has 0 fully saturated rings. The number of halogens is 2. The Bertz CT molecular complexity index is 767. The average Bonchev–Trinajstić information content (AvgIpc) is 2.49. The summed E-state index contributed by atoms with van der Waals surface area (Å²) >= 11 is 0. The van der Waals surface area contributed by atoms with Crippen LogP contribution in [0.15, 0.2) is 35.3 Å². The van der Waals surface area contributed by atoms with Crippen molar-refractivity contribution in [3.05, 3.63) is 35.3 Å². The van der Waals surface area contributed by atoms with E-state index < -0.39 is 23.3 Å². The summed E-state index contributed by atoms with van der Waals surface area (Å²) in [5.41, 5.74) is -0.00914. The Hall–Kier alpha value is -2.33. The highest BCUT2D eigenvalue weighted by molar-refractivity contribution is 6.00. The van der Waals surface area contributed by atoms with Crippen molar-refractivity contribution in [2.45, 2.75) is 25.4 Å². The van der Waals surface area contributed by atoms with E-state index in [2.05, 4.69) is 29.0 Å². The van der Waals surface area contributed by atoms with Crippen LogP contribution in [0.5, 0.6) is 0 Å². The zero-order chi connectivity index (χ0) is 16.6. The van der Waals surface area contributed by atoms with E-state index in [1.54, 1.807) is 20.2 Å². The number of rotatable bonds is 2. The van der Waals surface area contributed by atoms with Crippen LogP contribution >= 0.6 is 0 Å². The van der Waals surface area contributed by atoms with Crippen molar-refractivity contribution in [1.82, 2.24) is 5.32 Å². The molecule has 0 saturated carbocycles. The van der Waals surface area contributed by atoms with Crippen molar-refractivity contribution in [2.24, 2.45) is 17.8 Å². The van der Waals surface area contributed by atoms with Crippen molar-refractivity contribution < 1.29 is 8.78 Å². The van der Waals surface area contributed by atoms with Gasteiger partial charge in [-0.2, -0.15) is 0 Å². The van der Waals surface area contributed by atoms with Crippen LogP contribution in [-0.4, -0.2) is 18.4 Å². The van der Waals surface area contributed by atoms with Gasteiger partial charge in [-0.3, -0.25) is 0 Å². The summed E-state index contributed by atoms with van der Waals surface area (Å²) in [6, 6.07) is 0. The van der Waals surface area contributed by atoms with Gasteiger partial charge in [0, 0.05) is 19.4 Å². The molecule has 0 saturated heterocycles. The Morgan fingerprint density at radius 1 is 1.52 bits per heavy atom. The van der Waals surface area contributed by atoms with Gasteiger partial charge < -0.3 is 10.7 Å². The van der Waals surface area contributed by atoms with Crippen LogP contribution in [0.1, 0.15) is 19.8 Å². The summed E-state index contributed by atoms with van der Waals surface area (Å²) in [5, 5.41) is 10.7. The molecule has 3 rings (SSSR count). The average molecular weight is 312 g/mol. The Morgan fingerprint density at radius 2 is 2.30 bits per heavy atom. The first kappa shape index (κ1) is 15.6. The molecule has 0 aliphatic heterocycles. The van der Waals surface area contributed by atoms with Gasteiger partial charge in [-0.05, 0) is 36.8 Å². The lowest BCUT2D eigenvalue weighted by atomic mass is 9.64. The summed E-state index contributed by atoms with van der Waals surface area (Å²) in [7, 11) is 1.76. The van der Waals surface area contributed by atoms with E-state index in [0.717, 1.165) is 11.1 Å². The largest absolute Gasteiger partial charge is 0.394 e. The third kappa shape index (κ3) is 2.59. The summed E-state index contributed by atoms with van der Waals surface area (Å²) in [4.78, 5) is 0. The fourth-order valence-corrected chi connectivity index (χ4v) is 3.45. The standard InChI is InChI=1S/C19H18F2N2/c1-3-4-13-8-14(9-17(20)18(13)22)15-7-12(11-23-2)10-19(21)6-5-16(15)19/h7,9,11,13-14,16,22-23H,8,10H2,1-2H3/b12-11-,22-18?. The van der Waals surface area contributed by atoms with Gasteiger partial charge in [-0.15, -0.1) is 5.92 Å². The van der Waals surface area contributed by atoms with Crippen LogP contribution < -0.4 is 5.32 Å². The number of alkyl halides is 1. The Kier molecular flexibility index (Phi) is 3.86. The molecule has 0 bridgehead atoms. The maximum atomic E-state index is 14.9. The SMILES string of the molecule is CC#CC1CC(C2=C/C(=C/NC)CC3(F)C#CC23)C=C(F)C1=N. The van der Waals surface area contributed by atoms with E-state index in [1.807, 2.05) is 6.08 Å². The second-order valence-corrected chi connectivity index (χ2v) is 6.11. The minimum absolute atomic E-state index is 0.0794. The quantitative estimate of drug-likeness (QED) is 0.754. The highest BCUT2D eigenvalue weighted by Gasteiger charge is 2.49. The second-order valence-electron chi connectivity index (χ2n) is 6.11. The van der Waals surface area contributed by atoms with Crippen molar-refractivity contribution in [2.75, 3.05) is 7.05 Å². The van der Waals surface area contributed by atoms with E-state index >= 15 is 0 Å². The summed E-state index contributed by atoms with van der Waals surface area (Å²) in [6.07, 6.45) is 5.85. The Morgan fingerprint density at radius 3 is 2.91 bits per heavy atom. The maximum absolute atomic E-state index is 14.9. The molecule has 2 N–H and O–H groups in total. The van der Waals surface area contributed by atoms with E-state index in [-0.39, 0.29) is 18.1 Å². The predicted molar refractivity (Wildman–Crippen MR) is 86.9 cm³/mol. The zero-order valence-electron chi connectivity index (χ0n) is 13.1. The van der Waals surface area contributed by atoms with E-state index in [0.29, 0.717) is 6.42 Å². The Balaban J connectivity index is 1.99. The number of hydrogen-bond donors (Lipinski definition) is 2. The summed E-state index contributed by atoms with van der Waals surface area (Å²) in [5.74, 6) is 9.40. The molecule has 0 radical (unpaired) electrons. The molecular weight excluding hydrogens is 294 g/mol. The van der Waals surface area contributed by atoms with Crippen molar-refractivity contribution in [1.29, 1.82) is 5.41 Å². The van der Waals surface area contributed by atoms with Crippen molar-refractivity contribution in [3.63, 3.8) is 0 Å². The lowest BCUT2D eigenvalue weighted by Gasteiger charge is -2.41. The number of fused-ring (bicyclic) bond motifs is 1. The molecule has 118 valence electrons. The molecule has 4 heteroatoms. The summed E-state index contributed by atoms with van der Waals surface area (Å²) < 4.78 is 29.0. The molecular formula is C19H18F2N2. The van der Waals surface area contributed by atoms with Crippen LogP contribution in [0, 0.1) is 46.8 Å². The van der Waals surface area contributed by atoms with E-state index in [4.69, 9.17) is 5.41 Å². The molecule has 0 aromatic heterocycles. The maximum Gasteiger partial charge on any atom is 0.192 e. The molecule has 0 aromatic rings. The molecule has 4 atom stereocenters. The van der Waals surface area contributed by atoms with Crippen molar-refractivity contribution >= 4 is 5.71 Å². The minimum Gasteiger partial charge on any atom is -0.394 e. The van der Waals surface area contributed by atoms with Gasteiger partial charge in [0.1, 0.15) is 5.83 Å². The Labute approximate surface area is 135 Å². The smallest absolute Gasteiger partial charge is 0.192 e. The second kappa shape index (κ2) is 5.70. The highest BCUT2D eigenvalue weighted by atomic mass is 19.1. The first-order chi connectivity index (χ1) is 11.0. The lowest BCUT2D eigenvalue weighted by Crippen LogP contribution is -2.43. The molecule has 23 heavy (non-hydrogen) atoms. The minimum atomic E-state index is -1.55. The normalized spacial score (nSPS) is 36.4. The van der Waals surface area contributed by atoms with Gasteiger partial charge in [0.15, 0.2) is 5.67 Å². The van der Waals surface area contributed by atoms with Gasteiger partial charge in [-0.25, -0.2) is 8.78 Å². The molecule has 0 amide bonds. The lowest BCUT2D eigenvalue weighted by molar-refractivity contribution is 0.173. The van der Waals surface area contributed by atoms with Gasteiger partial charge in [-0.1, -0.05) is 23.8 Å². The molecule has 0 spiro atoms. The van der Waals surface area contributed by atoms with Crippen LogP contribution in [-0.2, 0) is 0 Å². The first-order valence-corrected chi connectivity index (χ1v) is 7.66. The molecule has 4 unspecified atom stereocenters. The van der Waals surface area contributed by atoms with Gasteiger partial charge in [0.05, 0.1) is 17.5 Å². The molecule has 2 nitrogen and oxygen atoms in total. The number of allylic oxidation sites excluding steroid dienone is 5. The van der Waals surface area contributed by atoms with Crippen LogP contribution in [0.3, 0.4) is 0 Å². The highest BCUT2D eigenvalue weighted by Crippen LogP contribution is 2.48. The monoisotopic (exact) mass is 312 g/mol. The molecule has 3 aliphatic rings. The third-order valence-corrected chi connectivity index (χ3v) is 4.55. The fraction of sp³-hybridized carbons (Fsp3) is 0.421. The van der Waals surface area contributed by atoms with Gasteiger partial charge in [0.2, 0.25) is 0 Å². The van der Waals surface area contributed by atoms with Crippen LogP contribution in [0.25, 0.3) is 0 Å². The van der Waals surface area contributed by atoms with E-state index in [9.17, 15) is 8.78 Å². The molecule has 0 aromatic carbocycles. The zero-order valence-corrected chi connectivity index (χ0v) is 13.1. The molecule has 3 aliphatic carbocycles. The summed E-state index contributed by atoms with van der Waals surface area (Å²) in [6.45, 7) is 1.68. The topological polar surface area (TPSA) is 35.9 Å². The van der Waals surface area contributed by atoms with E-state index in [1.165, 1.54) is 6.08 Å². The van der Waals surface area contributed by atoms with Gasteiger partial charge >= 0.3 is 0 Å². The number of hydrogen-bond acceptors (Lipinski definition) is 2. The van der Waals surface area contributed by atoms with Crippen molar-refractivity contribution in [3.8, 4) is 23.7 Å². The number of nitrogens with one attached hydrogen (secondary N) is 2. The predicted octanol–water partition coefficient (Wildman–Crippen LogP) is 3.29. The first-order valence-electron chi connectivity index (χ1n) is 7.66. The van der Waals surface area contributed by atoms with Crippen LogP contribution in [0.4, 0.5) is 8.78 Å². The van der Waals surface area contributed by atoms with Gasteiger partial charge in [0.25, 0.3) is 0 Å².